The maximum Gasteiger partial charge on any atom is 0.223 e. The quantitative estimate of drug-likeness (QED) is 0.531. The highest BCUT2D eigenvalue weighted by Gasteiger charge is 2.15. The van der Waals surface area contributed by atoms with Gasteiger partial charge in [-0.05, 0) is 13.3 Å². The molecule has 1 heterocycles. The second-order valence-corrected chi connectivity index (χ2v) is 5.21. The lowest BCUT2D eigenvalue weighted by atomic mass is 10.2. The molecule has 1 aromatic heterocycles. The molecule has 0 unspecified atom stereocenters. The van der Waals surface area contributed by atoms with Gasteiger partial charge in [0.2, 0.25) is 5.43 Å². The van der Waals surface area contributed by atoms with Crippen LogP contribution < -0.4 is 5.43 Å². The summed E-state index contributed by atoms with van der Waals surface area (Å²) in [5, 5.41) is 10.2. The number of nitrogens with zero attached hydrogens (tertiary/aromatic N) is 2. The van der Waals surface area contributed by atoms with Gasteiger partial charge >= 0.3 is 0 Å². The molecule has 0 aliphatic carbocycles. The van der Waals surface area contributed by atoms with Crippen molar-refractivity contribution in [1.82, 2.24) is 9.47 Å². The van der Waals surface area contributed by atoms with Crippen LogP contribution in [0.1, 0.15) is 17.8 Å². The molecule has 0 bridgehead atoms. The normalized spacial score (nSPS) is 10.9. The van der Waals surface area contributed by atoms with Crippen LogP contribution in [-0.4, -0.2) is 41.4 Å². The summed E-state index contributed by atoms with van der Waals surface area (Å²) < 4.78 is 7.06. The fourth-order valence-corrected chi connectivity index (χ4v) is 2.44. The minimum Gasteiger partial charge on any atom is -0.503 e. The van der Waals surface area contributed by atoms with Crippen LogP contribution in [0.2, 0.25) is 0 Å². The maximum absolute atomic E-state index is 11.9. The van der Waals surface area contributed by atoms with E-state index >= 15 is 0 Å². The van der Waals surface area contributed by atoms with Crippen LogP contribution in [0.4, 0.5) is 0 Å². The third-order valence-electron chi connectivity index (χ3n) is 3.48. The lowest BCUT2D eigenvalue weighted by molar-refractivity contribution is 0.189. The summed E-state index contributed by atoms with van der Waals surface area (Å²) in [5.41, 5.74) is 1.13. The zero-order valence-corrected chi connectivity index (χ0v) is 13.5. The maximum atomic E-state index is 11.9. The van der Waals surface area contributed by atoms with Gasteiger partial charge in [-0.2, -0.15) is 0 Å². The first-order valence-electron chi connectivity index (χ1n) is 7.40. The third-order valence-corrected chi connectivity index (χ3v) is 3.48. The van der Waals surface area contributed by atoms with Crippen molar-refractivity contribution in [2.45, 2.75) is 26.4 Å². The Bertz CT molecular complexity index is 554. The predicted octanol–water partition coefficient (Wildman–Crippen LogP) is 2.07. The van der Waals surface area contributed by atoms with Crippen LogP contribution in [0, 0.1) is 6.92 Å². The van der Waals surface area contributed by atoms with E-state index in [4.69, 9.17) is 4.74 Å². The number of aryl methyl sites for hydroxylation is 1. The number of ether oxygens (including phenoxy) is 1. The molecule has 1 aromatic rings. The van der Waals surface area contributed by atoms with Crippen molar-refractivity contribution >= 4 is 0 Å². The van der Waals surface area contributed by atoms with E-state index in [0.717, 1.165) is 12.1 Å². The summed E-state index contributed by atoms with van der Waals surface area (Å²) in [6.07, 6.45) is 4.41. The summed E-state index contributed by atoms with van der Waals surface area (Å²) in [5.74, 6) is -0.179. The molecule has 0 amide bonds. The highest BCUT2D eigenvalue weighted by atomic mass is 16.5. The van der Waals surface area contributed by atoms with Gasteiger partial charge in [0.25, 0.3) is 0 Å². The van der Waals surface area contributed by atoms with Gasteiger partial charge in [0.05, 0.1) is 5.69 Å². The molecule has 22 heavy (non-hydrogen) atoms. The number of hydrogen-bond acceptors (Lipinski definition) is 4. The summed E-state index contributed by atoms with van der Waals surface area (Å²) in [6, 6.07) is 1.47. The largest absolute Gasteiger partial charge is 0.503 e. The second kappa shape index (κ2) is 9.23. The average molecular weight is 306 g/mol. The zero-order valence-electron chi connectivity index (χ0n) is 13.5. The number of aromatic nitrogens is 1. The molecular weight excluding hydrogens is 280 g/mol. The fourth-order valence-electron chi connectivity index (χ4n) is 2.44. The SMILES string of the molecule is C=CCN(CC=C)Cc1c(O)c(=O)cc(C)n1CCCOC. The van der Waals surface area contributed by atoms with E-state index in [2.05, 4.69) is 18.1 Å². The first-order chi connectivity index (χ1) is 10.5. The first-order valence-corrected chi connectivity index (χ1v) is 7.40. The molecule has 0 aliphatic rings. The second-order valence-electron chi connectivity index (χ2n) is 5.21. The van der Waals surface area contributed by atoms with Crippen molar-refractivity contribution in [2.75, 3.05) is 26.8 Å². The Labute approximate surface area is 132 Å². The van der Waals surface area contributed by atoms with Gasteiger partial charge in [-0.15, -0.1) is 13.2 Å². The van der Waals surface area contributed by atoms with Gasteiger partial charge in [0, 0.05) is 51.7 Å². The Morgan fingerprint density at radius 1 is 1.36 bits per heavy atom. The molecule has 1 N–H and O–H groups in total. The number of aromatic hydroxyl groups is 1. The molecule has 0 aromatic carbocycles. The molecule has 0 aliphatic heterocycles. The van der Waals surface area contributed by atoms with Gasteiger partial charge < -0.3 is 14.4 Å². The van der Waals surface area contributed by atoms with E-state index in [1.807, 2.05) is 11.5 Å². The number of rotatable bonds is 10. The van der Waals surface area contributed by atoms with Crippen LogP contribution in [-0.2, 0) is 17.8 Å². The summed E-state index contributed by atoms with van der Waals surface area (Å²) in [6.45, 7) is 12.5. The van der Waals surface area contributed by atoms with Crippen molar-refractivity contribution in [3.05, 3.63) is 53.0 Å². The summed E-state index contributed by atoms with van der Waals surface area (Å²) >= 11 is 0. The van der Waals surface area contributed by atoms with E-state index in [-0.39, 0.29) is 11.2 Å². The summed E-state index contributed by atoms with van der Waals surface area (Å²) in [4.78, 5) is 13.9. The highest BCUT2D eigenvalue weighted by Crippen LogP contribution is 2.17. The average Bonchev–Trinajstić information content (AvgIpc) is 2.48. The van der Waals surface area contributed by atoms with Crippen molar-refractivity contribution in [1.29, 1.82) is 0 Å². The Morgan fingerprint density at radius 2 is 2.00 bits per heavy atom. The highest BCUT2D eigenvalue weighted by molar-refractivity contribution is 5.30. The van der Waals surface area contributed by atoms with E-state index in [0.29, 0.717) is 38.5 Å². The summed E-state index contributed by atoms with van der Waals surface area (Å²) in [7, 11) is 1.66. The van der Waals surface area contributed by atoms with Crippen molar-refractivity contribution in [2.24, 2.45) is 0 Å². The van der Waals surface area contributed by atoms with Crippen molar-refractivity contribution < 1.29 is 9.84 Å². The van der Waals surface area contributed by atoms with Crippen LogP contribution >= 0.6 is 0 Å². The predicted molar refractivity (Wildman–Crippen MR) is 89.3 cm³/mol. The molecular formula is C17H26N2O3. The van der Waals surface area contributed by atoms with Gasteiger partial charge in [-0.1, -0.05) is 12.2 Å². The molecule has 0 radical (unpaired) electrons. The molecule has 0 atom stereocenters. The molecule has 0 fully saturated rings. The number of hydrogen-bond donors (Lipinski definition) is 1. The monoisotopic (exact) mass is 306 g/mol. The van der Waals surface area contributed by atoms with E-state index in [9.17, 15) is 9.90 Å². The third kappa shape index (κ3) is 4.86. The molecule has 5 nitrogen and oxygen atoms in total. The van der Waals surface area contributed by atoms with E-state index in [1.54, 1.807) is 19.3 Å². The molecule has 1 rings (SSSR count). The van der Waals surface area contributed by atoms with Gasteiger partial charge in [-0.3, -0.25) is 9.69 Å². The lowest BCUT2D eigenvalue weighted by Crippen LogP contribution is -2.28. The zero-order chi connectivity index (χ0) is 16.5. The van der Waals surface area contributed by atoms with Gasteiger partial charge in [0.15, 0.2) is 5.75 Å². The Hall–Kier alpha value is -1.85. The molecule has 0 spiro atoms. The number of pyridine rings is 1. The molecule has 122 valence electrons. The number of methoxy groups -OCH3 is 1. The van der Waals surface area contributed by atoms with Gasteiger partial charge in [-0.25, -0.2) is 0 Å². The van der Waals surface area contributed by atoms with E-state index < -0.39 is 0 Å². The molecule has 0 saturated heterocycles. The van der Waals surface area contributed by atoms with Crippen LogP contribution in [0.5, 0.6) is 5.75 Å². The Balaban J connectivity index is 3.14. The van der Waals surface area contributed by atoms with E-state index in [1.165, 1.54) is 6.07 Å². The smallest absolute Gasteiger partial charge is 0.223 e. The standard InChI is InChI=1S/C17H26N2O3/c1-5-8-18(9-6-2)13-15-17(21)16(20)12-14(3)19(15)10-7-11-22-4/h5-6,12,21H,1-2,7-11,13H2,3-4H3. The first kappa shape index (κ1) is 18.2. The van der Waals surface area contributed by atoms with Gasteiger partial charge in [0.1, 0.15) is 0 Å². The topological polar surface area (TPSA) is 54.7 Å². The molecule has 5 heteroatoms. The van der Waals surface area contributed by atoms with Crippen LogP contribution in [0.25, 0.3) is 0 Å². The van der Waals surface area contributed by atoms with Crippen LogP contribution in [0.3, 0.4) is 0 Å². The lowest BCUT2D eigenvalue weighted by Gasteiger charge is -2.24. The molecule has 0 saturated carbocycles. The van der Waals surface area contributed by atoms with Crippen molar-refractivity contribution in [3.63, 3.8) is 0 Å². The minimum absolute atomic E-state index is 0.179. The van der Waals surface area contributed by atoms with Crippen LogP contribution in [0.15, 0.2) is 36.2 Å². The minimum atomic E-state index is -0.340. The fraction of sp³-hybridized carbons (Fsp3) is 0.471. The van der Waals surface area contributed by atoms with Crippen molar-refractivity contribution in [3.8, 4) is 5.75 Å². The Kier molecular flexibility index (Phi) is 7.63. The Morgan fingerprint density at radius 3 is 2.55 bits per heavy atom.